The molecule has 1 N–H and O–H groups in total. The van der Waals surface area contributed by atoms with Crippen LogP contribution in [0, 0.1) is 5.82 Å². The van der Waals surface area contributed by atoms with Crippen LogP contribution in [0.5, 0.6) is 5.75 Å². The van der Waals surface area contributed by atoms with Gasteiger partial charge in [0, 0.05) is 30.3 Å². The first-order chi connectivity index (χ1) is 12.3. The molecule has 0 fully saturated rings. The van der Waals surface area contributed by atoms with Crippen LogP contribution >= 0.6 is 11.8 Å². The Morgan fingerprint density at radius 2 is 1.92 bits per heavy atom. The van der Waals surface area contributed by atoms with E-state index in [0.717, 1.165) is 22.1 Å². The van der Waals surface area contributed by atoms with Crippen LogP contribution in [0.1, 0.15) is 11.1 Å². The summed E-state index contributed by atoms with van der Waals surface area (Å²) in [4.78, 5) is 8.71. The summed E-state index contributed by atoms with van der Waals surface area (Å²) in [6.45, 7) is 0.359. The molecule has 0 bridgehead atoms. The second kappa shape index (κ2) is 8.48. The van der Waals surface area contributed by atoms with E-state index in [1.54, 1.807) is 43.4 Å². The molecular weight excluding hydrogens is 337 g/mol. The van der Waals surface area contributed by atoms with E-state index in [9.17, 15) is 4.39 Å². The molecule has 128 valence electrons. The van der Waals surface area contributed by atoms with E-state index in [-0.39, 0.29) is 5.82 Å². The Morgan fingerprint density at radius 3 is 2.76 bits per heavy atom. The summed E-state index contributed by atoms with van der Waals surface area (Å²) in [6.07, 6.45) is 3.28. The van der Waals surface area contributed by atoms with Gasteiger partial charge in [0.15, 0.2) is 5.82 Å². The molecule has 0 unspecified atom stereocenters. The number of halogens is 1. The molecule has 1 heterocycles. The van der Waals surface area contributed by atoms with E-state index < -0.39 is 0 Å². The summed E-state index contributed by atoms with van der Waals surface area (Å²) in [5.74, 6) is 1.99. The largest absolute Gasteiger partial charge is 0.497 e. The maximum absolute atomic E-state index is 13.7. The Bertz CT molecular complexity index is 844. The van der Waals surface area contributed by atoms with E-state index in [1.807, 2.05) is 30.3 Å². The van der Waals surface area contributed by atoms with Crippen molar-refractivity contribution in [3.05, 3.63) is 77.9 Å². The van der Waals surface area contributed by atoms with E-state index in [2.05, 4.69) is 15.3 Å². The minimum absolute atomic E-state index is 0.232. The SMILES string of the molecule is COc1cccc(CSc2nccnc2NCc2ccccc2F)c1. The highest BCUT2D eigenvalue weighted by Crippen LogP contribution is 2.27. The van der Waals surface area contributed by atoms with Gasteiger partial charge < -0.3 is 10.1 Å². The van der Waals surface area contributed by atoms with Crippen LogP contribution in [0.25, 0.3) is 0 Å². The number of anilines is 1. The Labute approximate surface area is 150 Å². The maximum Gasteiger partial charge on any atom is 0.158 e. The fraction of sp³-hybridized carbons (Fsp3) is 0.158. The Kier molecular flexibility index (Phi) is 5.85. The lowest BCUT2D eigenvalue weighted by Gasteiger charge is -2.10. The zero-order valence-corrected chi connectivity index (χ0v) is 14.6. The second-order valence-corrected chi connectivity index (χ2v) is 6.26. The van der Waals surface area contributed by atoms with Gasteiger partial charge in [-0.1, -0.05) is 42.1 Å². The molecule has 0 aliphatic rings. The predicted octanol–water partition coefficient (Wildman–Crippen LogP) is 4.53. The first-order valence-corrected chi connectivity index (χ1v) is 8.79. The molecule has 4 nitrogen and oxygen atoms in total. The number of hydrogen-bond acceptors (Lipinski definition) is 5. The second-order valence-electron chi connectivity index (χ2n) is 5.30. The van der Waals surface area contributed by atoms with Crippen molar-refractivity contribution in [3.8, 4) is 5.75 Å². The third-order valence-electron chi connectivity index (χ3n) is 3.58. The van der Waals surface area contributed by atoms with Crippen LogP contribution in [-0.4, -0.2) is 17.1 Å². The average molecular weight is 355 g/mol. The van der Waals surface area contributed by atoms with Crippen molar-refractivity contribution < 1.29 is 9.13 Å². The van der Waals surface area contributed by atoms with Gasteiger partial charge >= 0.3 is 0 Å². The van der Waals surface area contributed by atoms with Crippen LogP contribution in [-0.2, 0) is 12.3 Å². The lowest BCUT2D eigenvalue weighted by Crippen LogP contribution is -2.05. The molecule has 25 heavy (non-hydrogen) atoms. The number of methoxy groups -OCH3 is 1. The molecule has 0 saturated carbocycles. The lowest BCUT2D eigenvalue weighted by atomic mass is 10.2. The number of aromatic nitrogens is 2. The molecule has 0 spiro atoms. The fourth-order valence-corrected chi connectivity index (χ4v) is 3.17. The molecule has 6 heteroatoms. The van der Waals surface area contributed by atoms with Crippen molar-refractivity contribution in [2.75, 3.05) is 12.4 Å². The molecule has 2 aromatic carbocycles. The predicted molar refractivity (Wildman–Crippen MR) is 98.3 cm³/mol. The summed E-state index contributed by atoms with van der Waals surface area (Å²) in [5, 5.41) is 3.95. The number of rotatable bonds is 7. The summed E-state index contributed by atoms with van der Waals surface area (Å²) in [6, 6.07) is 14.6. The normalized spacial score (nSPS) is 10.5. The maximum atomic E-state index is 13.7. The number of hydrogen-bond donors (Lipinski definition) is 1. The molecule has 0 amide bonds. The van der Waals surface area contributed by atoms with Crippen LogP contribution in [0.2, 0.25) is 0 Å². The zero-order valence-electron chi connectivity index (χ0n) is 13.8. The molecule has 0 aliphatic carbocycles. The molecule has 0 saturated heterocycles. The topological polar surface area (TPSA) is 47.0 Å². The molecule has 3 rings (SSSR count). The van der Waals surface area contributed by atoms with Gasteiger partial charge in [-0.15, -0.1) is 0 Å². The van der Waals surface area contributed by atoms with Crippen molar-refractivity contribution in [2.45, 2.75) is 17.3 Å². The molecule has 0 aliphatic heterocycles. The zero-order chi connectivity index (χ0) is 17.5. The van der Waals surface area contributed by atoms with Gasteiger partial charge in [0.05, 0.1) is 7.11 Å². The van der Waals surface area contributed by atoms with Gasteiger partial charge in [-0.3, -0.25) is 0 Å². The highest BCUT2D eigenvalue weighted by Gasteiger charge is 2.08. The standard InChI is InChI=1S/C19H18FN3OS/c1-24-16-7-4-5-14(11-16)13-25-19-18(21-9-10-22-19)23-12-15-6-2-3-8-17(15)20/h2-11H,12-13H2,1H3,(H,21,23). The van der Waals surface area contributed by atoms with Gasteiger partial charge in [0.25, 0.3) is 0 Å². The highest BCUT2D eigenvalue weighted by molar-refractivity contribution is 7.98. The van der Waals surface area contributed by atoms with E-state index in [0.29, 0.717) is 17.9 Å². The van der Waals surface area contributed by atoms with Gasteiger partial charge in [0.1, 0.15) is 16.6 Å². The Balaban J connectivity index is 1.67. The van der Waals surface area contributed by atoms with E-state index in [1.165, 1.54) is 6.07 Å². The third kappa shape index (κ3) is 4.70. The number of nitrogens with zero attached hydrogens (tertiary/aromatic N) is 2. The van der Waals surface area contributed by atoms with Gasteiger partial charge in [-0.25, -0.2) is 14.4 Å². The van der Waals surface area contributed by atoms with Gasteiger partial charge in [-0.05, 0) is 23.8 Å². The number of ether oxygens (including phenoxy) is 1. The number of nitrogens with one attached hydrogen (secondary N) is 1. The molecule has 1 aromatic heterocycles. The van der Waals surface area contributed by atoms with Crippen molar-refractivity contribution in [1.82, 2.24) is 9.97 Å². The third-order valence-corrected chi connectivity index (χ3v) is 4.63. The van der Waals surface area contributed by atoms with Crippen molar-refractivity contribution in [2.24, 2.45) is 0 Å². The number of benzene rings is 2. The quantitative estimate of drug-likeness (QED) is 0.631. The summed E-state index contributed by atoms with van der Waals surface area (Å²) < 4.78 is 19.0. The summed E-state index contributed by atoms with van der Waals surface area (Å²) >= 11 is 1.57. The van der Waals surface area contributed by atoms with Crippen LogP contribution < -0.4 is 10.1 Å². The molecular formula is C19H18FN3OS. The summed E-state index contributed by atoms with van der Waals surface area (Å²) in [5.41, 5.74) is 1.73. The lowest BCUT2D eigenvalue weighted by molar-refractivity contribution is 0.414. The van der Waals surface area contributed by atoms with Crippen LogP contribution in [0.3, 0.4) is 0 Å². The fourth-order valence-electron chi connectivity index (χ4n) is 2.29. The highest BCUT2D eigenvalue weighted by atomic mass is 32.2. The van der Waals surface area contributed by atoms with E-state index >= 15 is 0 Å². The number of thioether (sulfide) groups is 1. The van der Waals surface area contributed by atoms with Crippen molar-refractivity contribution >= 4 is 17.6 Å². The van der Waals surface area contributed by atoms with Crippen molar-refractivity contribution in [3.63, 3.8) is 0 Å². The molecule has 3 aromatic rings. The Hall–Kier alpha value is -2.60. The van der Waals surface area contributed by atoms with Crippen molar-refractivity contribution in [1.29, 1.82) is 0 Å². The minimum atomic E-state index is -0.232. The average Bonchev–Trinajstić information content (AvgIpc) is 2.66. The Morgan fingerprint density at radius 1 is 1.08 bits per heavy atom. The van der Waals surface area contributed by atoms with Gasteiger partial charge in [-0.2, -0.15) is 0 Å². The molecule has 0 radical (unpaired) electrons. The first-order valence-electron chi connectivity index (χ1n) is 7.80. The van der Waals surface area contributed by atoms with E-state index in [4.69, 9.17) is 4.74 Å². The minimum Gasteiger partial charge on any atom is -0.497 e. The van der Waals surface area contributed by atoms with Gasteiger partial charge in [0.2, 0.25) is 0 Å². The smallest absolute Gasteiger partial charge is 0.158 e. The van der Waals surface area contributed by atoms with Crippen LogP contribution in [0.4, 0.5) is 10.2 Å². The first kappa shape index (κ1) is 17.2. The van der Waals surface area contributed by atoms with Crippen LogP contribution in [0.15, 0.2) is 66.0 Å². The summed E-state index contributed by atoms with van der Waals surface area (Å²) in [7, 11) is 1.65. The molecule has 0 atom stereocenters. The monoisotopic (exact) mass is 355 g/mol.